The maximum Gasteiger partial charge on any atom is 0.237 e. The Kier molecular flexibility index (Phi) is 4.12. The molecule has 1 heterocycles. The van der Waals surface area contributed by atoms with Gasteiger partial charge < -0.3 is 14.8 Å². The van der Waals surface area contributed by atoms with Crippen molar-refractivity contribution in [2.45, 2.75) is 63.6 Å². The lowest BCUT2D eigenvalue weighted by atomic mass is 9.53. The van der Waals surface area contributed by atoms with E-state index in [4.69, 9.17) is 9.47 Å². The van der Waals surface area contributed by atoms with Crippen molar-refractivity contribution in [2.24, 2.45) is 17.8 Å². The maximum absolute atomic E-state index is 13.0. The van der Waals surface area contributed by atoms with E-state index < -0.39 is 0 Å². The zero-order chi connectivity index (χ0) is 18.6. The Bertz CT molecular complexity index is 712. The second-order valence-corrected chi connectivity index (χ2v) is 9.47. The number of benzene rings is 1. The summed E-state index contributed by atoms with van der Waals surface area (Å²) in [7, 11) is 2.02. The molecule has 0 spiro atoms. The fourth-order valence-electron chi connectivity index (χ4n) is 6.29. The van der Waals surface area contributed by atoms with Gasteiger partial charge in [0.1, 0.15) is 0 Å². The first-order valence-corrected chi connectivity index (χ1v) is 10.4. The number of carbonyl (C=O) groups excluding carboxylic acids is 1. The predicted octanol–water partition coefficient (Wildman–Crippen LogP) is 3.32. The smallest absolute Gasteiger partial charge is 0.237 e. The molecular weight excluding hydrogens is 340 g/mol. The molecule has 1 unspecified atom stereocenters. The van der Waals surface area contributed by atoms with E-state index in [0.717, 1.165) is 34.8 Å². The van der Waals surface area contributed by atoms with Gasteiger partial charge in [-0.05, 0) is 87.9 Å². The lowest BCUT2D eigenvalue weighted by molar-refractivity contribution is -0.131. The van der Waals surface area contributed by atoms with Gasteiger partial charge in [0.15, 0.2) is 11.5 Å². The average Bonchev–Trinajstić information content (AvgIpc) is 3.07. The Hall–Kier alpha value is -1.75. The van der Waals surface area contributed by atoms with E-state index in [1.807, 2.05) is 32.2 Å². The topological polar surface area (TPSA) is 50.8 Å². The quantitative estimate of drug-likeness (QED) is 0.864. The van der Waals surface area contributed by atoms with Crippen molar-refractivity contribution in [1.82, 2.24) is 10.2 Å². The monoisotopic (exact) mass is 370 g/mol. The fraction of sp³-hybridized carbons (Fsp3) is 0.682. The van der Waals surface area contributed by atoms with Crippen LogP contribution in [0.5, 0.6) is 11.5 Å². The summed E-state index contributed by atoms with van der Waals surface area (Å²) in [5, 5.41) is 3.51. The SMILES string of the molecule is CC(C(=O)NC12CC3CC(CC(C3)C1)C2)N(C)Cc1ccc2c(c1)OCO2. The van der Waals surface area contributed by atoms with Crippen LogP contribution in [-0.4, -0.2) is 36.2 Å². The molecule has 0 radical (unpaired) electrons. The van der Waals surface area contributed by atoms with Crippen molar-refractivity contribution in [1.29, 1.82) is 0 Å². The van der Waals surface area contributed by atoms with Gasteiger partial charge in [0.25, 0.3) is 0 Å². The number of hydrogen-bond acceptors (Lipinski definition) is 4. The molecule has 27 heavy (non-hydrogen) atoms. The molecule has 6 rings (SSSR count). The minimum Gasteiger partial charge on any atom is -0.454 e. The zero-order valence-corrected chi connectivity index (χ0v) is 16.4. The van der Waals surface area contributed by atoms with Crippen LogP contribution in [0.2, 0.25) is 0 Å². The minimum absolute atomic E-state index is 0.0830. The number of rotatable bonds is 5. The van der Waals surface area contributed by atoms with E-state index in [1.165, 1.54) is 38.5 Å². The number of nitrogens with zero attached hydrogens (tertiary/aromatic N) is 1. The molecule has 5 aliphatic rings. The molecule has 1 atom stereocenters. The Labute approximate surface area is 161 Å². The summed E-state index contributed by atoms with van der Waals surface area (Å²) < 4.78 is 10.8. The van der Waals surface area contributed by atoms with Crippen LogP contribution in [0.15, 0.2) is 18.2 Å². The Balaban J connectivity index is 1.22. The van der Waals surface area contributed by atoms with Gasteiger partial charge >= 0.3 is 0 Å². The third kappa shape index (κ3) is 3.20. The van der Waals surface area contributed by atoms with Crippen molar-refractivity contribution < 1.29 is 14.3 Å². The average molecular weight is 370 g/mol. The molecule has 4 bridgehead atoms. The van der Waals surface area contributed by atoms with Gasteiger partial charge in [-0.15, -0.1) is 0 Å². The number of hydrogen-bond donors (Lipinski definition) is 1. The molecule has 1 aliphatic heterocycles. The summed E-state index contributed by atoms with van der Waals surface area (Å²) in [6.07, 6.45) is 7.79. The first-order valence-electron chi connectivity index (χ1n) is 10.4. The largest absolute Gasteiger partial charge is 0.454 e. The van der Waals surface area contributed by atoms with Gasteiger partial charge in [-0.3, -0.25) is 9.69 Å². The maximum atomic E-state index is 13.0. The van der Waals surface area contributed by atoms with Gasteiger partial charge in [0, 0.05) is 12.1 Å². The molecule has 4 saturated carbocycles. The highest BCUT2D eigenvalue weighted by Crippen LogP contribution is 2.55. The summed E-state index contributed by atoms with van der Waals surface area (Å²) in [6, 6.07) is 5.87. The molecule has 0 saturated heterocycles. The molecule has 0 aromatic heterocycles. The highest BCUT2D eigenvalue weighted by molar-refractivity contribution is 5.82. The van der Waals surface area contributed by atoms with Crippen LogP contribution >= 0.6 is 0 Å². The summed E-state index contributed by atoms with van der Waals surface area (Å²) in [5.74, 6) is 4.32. The third-order valence-electron chi connectivity index (χ3n) is 7.34. The minimum atomic E-state index is -0.150. The lowest BCUT2D eigenvalue weighted by Gasteiger charge is -2.57. The van der Waals surface area contributed by atoms with Crippen LogP contribution in [0.25, 0.3) is 0 Å². The van der Waals surface area contributed by atoms with Crippen molar-refractivity contribution in [3.05, 3.63) is 23.8 Å². The molecule has 1 aromatic carbocycles. The van der Waals surface area contributed by atoms with E-state index in [9.17, 15) is 4.79 Å². The zero-order valence-electron chi connectivity index (χ0n) is 16.4. The first kappa shape index (κ1) is 17.4. The normalized spacial score (nSPS) is 34.1. The highest BCUT2D eigenvalue weighted by atomic mass is 16.7. The van der Waals surface area contributed by atoms with Crippen LogP contribution < -0.4 is 14.8 Å². The van der Waals surface area contributed by atoms with Crippen LogP contribution in [0.1, 0.15) is 51.0 Å². The second-order valence-electron chi connectivity index (χ2n) is 9.47. The second kappa shape index (κ2) is 6.40. The van der Waals surface area contributed by atoms with Crippen LogP contribution in [-0.2, 0) is 11.3 Å². The van der Waals surface area contributed by atoms with E-state index >= 15 is 0 Å². The van der Waals surface area contributed by atoms with Crippen molar-refractivity contribution in [2.75, 3.05) is 13.8 Å². The van der Waals surface area contributed by atoms with Gasteiger partial charge in [-0.2, -0.15) is 0 Å². The van der Waals surface area contributed by atoms with Crippen LogP contribution in [0.4, 0.5) is 0 Å². The Morgan fingerprint density at radius 3 is 2.44 bits per heavy atom. The molecule has 146 valence electrons. The van der Waals surface area contributed by atoms with Crippen molar-refractivity contribution in [3.8, 4) is 11.5 Å². The first-order chi connectivity index (χ1) is 13.0. The summed E-state index contributed by atoms with van der Waals surface area (Å²) in [5.41, 5.74) is 1.22. The number of amides is 1. The highest BCUT2D eigenvalue weighted by Gasteiger charge is 2.51. The summed E-state index contributed by atoms with van der Waals surface area (Å²) >= 11 is 0. The summed E-state index contributed by atoms with van der Waals surface area (Å²) in [4.78, 5) is 15.2. The molecule has 1 aromatic rings. The number of nitrogens with one attached hydrogen (secondary N) is 1. The fourth-order valence-corrected chi connectivity index (χ4v) is 6.29. The molecule has 1 N–H and O–H groups in total. The Morgan fingerprint density at radius 2 is 1.78 bits per heavy atom. The van der Waals surface area contributed by atoms with Gasteiger partial charge in [0.2, 0.25) is 12.7 Å². The van der Waals surface area contributed by atoms with Gasteiger partial charge in [-0.1, -0.05) is 6.07 Å². The van der Waals surface area contributed by atoms with E-state index in [0.29, 0.717) is 13.3 Å². The molecule has 1 amide bonds. The summed E-state index contributed by atoms with van der Waals surface area (Å²) in [6.45, 7) is 3.02. The van der Waals surface area contributed by atoms with Crippen molar-refractivity contribution >= 4 is 5.91 Å². The van der Waals surface area contributed by atoms with Crippen LogP contribution in [0.3, 0.4) is 0 Å². The van der Waals surface area contributed by atoms with Crippen LogP contribution in [0, 0.1) is 17.8 Å². The van der Waals surface area contributed by atoms with E-state index in [2.05, 4.69) is 10.2 Å². The van der Waals surface area contributed by atoms with Gasteiger partial charge in [0.05, 0.1) is 6.04 Å². The molecule has 5 nitrogen and oxygen atoms in total. The standard InChI is InChI=1S/C22H30N2O3/c1-14(24(2)12-15-3-4-19-20(8-15)27-13-26-19)21(25)23-22-9-16-5-17(10-22)7-18(6-16)11-22/h3-4,8,14,16-18H,5-7,9-13H2,1-2H3,(H,23,25). The Morgan fingerprint density at radius 1 is 1.15 bits per heavy atom. The van der Waals surface area contributed by atoms with Crippen molar-refractivity contribution in [3.63, 3.8) is 0 Å². The van der Waals surface area contributed by atoms with E-state index in [-0.39, 0.29) is 17.5 Å². The number of likely N-dealkylation sites (N-methyl/N-ethyl adjacent to an activating group) is 1. The third-order valence-corrected chi connectivity index (χ3v) is 7.34. The molecule has 5 heteroatoms. The predicted molar refractivity (Wildman–Crippen MR) is 103 cm³/mol. The number of ether oxygens (including phenoxy) is 2. The van der Waals surface area contributed by atoms with E-state index in [1.54, 1.807) is 0 Å². The molecule has 4 aliphatic carbocycles. The number of fused-ring (bicyclic) bond motifs is 1. The molecular formula is C22H30N2O3. The molecule has 4 fully saturated rings. The van der Waals surface area contributed by atoms with Gasteiger partial charge in [-0.25, -0.2) is 0 Å². The number of carbonyl (C=O) groups is 1. The lowest BCUT2D eigenvalue weighted by Crippen LogP contribution is -2.62.